The molecule has 0 aliphatic carbocycles. The maximum Gasteiger partial charge on any atom is 0.229 e. The Balaban J connectivity index is 1.49. The summed E-state index contributed by atoms with van der Waals surface area (Å²) >= 11 is 0. The molecule has 2 aromatic heterocycles. The number of hydrogen-bond acceptors (Lipinski definition) is 10. The molecule has 10 nitrogen and oxygen atoms in total. The van der Waals surface area contributed by atoms with Gasteiger partial charge in [0.15, 0.2) is 9.84 Å². The predicted molar refractivity (Wildman–Crippen MR) is 130 cm³/mol. The zero-order valence-electron chi connectivity index (χ0n) is 19.0. The Labute approximate surface area is 202 Å². The SMILES string of the molecule is Cc1nc(-c2cnc(Nc3ccc4c(c3)CCCS4(=O)=O)nc2N[C@H](CO)c2ccccc2)no1. The fraction of sp³-hybridized carbons (Fsp3) is 0.250. The standard InChI is InChI=1S/C24H24N6O4S/c1-15-26-23(30-34-15)19-13-25-24(29-22(19)28-20(14-31)16-6-3-2-4-7-16)27-18-9-10-21-17(12-18)8-5-11-35(21,32)33/h2-4,6-7,9-10,12-13,20,31H,5,8,11,14H2,1H3,(H2,25,27,28,29)/t20-/m1/s1. The van der Waals surface area contributed by atoms with Gasteiger partial charge in [0, 0.05) is 18.8 Å². The molecule has 3 heterocycles. The molecule has 1 aliphatic heterocycles. The lowest BCUT2D eigenvalue weighted by molar-refractivity contribution is 0.276. The molecule has 0 amide bonds. The second-order valence-corrected chi connectivity index (χ2v) is 10.3. The summed E-state index contributed by atoms with van der Waals surface area (Å²) in [6.45, 7) is 1.53. The van der Waals surface area contributed by atoms with Crippen molar-refractivity contribution in [1.82, 2.24) is 20.1 Å². The molecular weight excluding hydrogens is 468 g/mol. The first kappa shape index (κ1) is 22.9. The lowest BCUT2D eigenvalue weighted by atomic mass is 10.1. The monoisotopic (exact) mass is 492 g/mol. The Bertz CT molecular complexity index is 1460. The Hall–Kier alpha value is -3.83. The molecule has 1 aliphatic rings. The Morgan fingerprint density at radius 1 is 1.14 bits per heavy atom. The third-order valence-electron chi connectivity index (χ3n) is 5.76. The van der Waals surface area contributed by atoms with Crippen molar-refractivity contribution in [3.8, 4) is 11.4 Å². The van der Waals surface area contributed by atoms with E-state index in [0.29, 0.717) is 52.5 Å². The van der Waals surface area contributed by atoms with E-state index in [2.05, 4.69) is 30.7 Å². The smallest absolute Gasteiger partial charge is 0.229 e. The van der Waals surface area contributed by atoms with Crippen LogP contribution in [0.2, 0.25) is 0 Å². The molecule has 0 saturated heterocycles. The van der Waals surface area contributed by atoms with Crippen molar-refractivity contribution in [3.63, 3.8) is 0 Å². The maximum atomic E-state index is 12.3. The number of hydrogen-bond donors (Lipinski definition) is 3. The highest BCUT2D eigenvalue weighted by Gasteiger charge is 2.24. The van der Waals surface area contributed by atoms with E-state index >= 15 is 0 Å². The van der Waals surface area contributed by atoms with E-state index in [-0.39, 0.29) is 12.4 Å². The van der Waals surface area contributed by atoms with Crippen LogP contribution in [0.1, 0.15) is 29.5 Å². The van der Waals surface area contributed by atoms with E-state index in [4.69, 9.17) is 4.52 Å². The summed E-state index contributed by atoms with van der Waals surface area (Å²) in [5.41, 5.74) is 2.85. The van der Waals surface area contributed by atoms with Gasteiger partial charge in [-0.05, 0) is 42.2 Å². The second kappa shape index (κ2) is 9.43. The van der Waals surface area contributed by atoms with E-state index in [9.17, 15) is 13.5 Å². The van der Waals surface area contributed by atoms with Crippen LogP contribution in [0.25, 0.3) is 11.4 Å². The molecule has 3 N–H and O–H groups in total. The predicted octanol–water partition coefficient (Wildman–Crippen LogP) is 3.44. The van der Waals surface area contributed by atoms with Crippen LogP contribution in [0, 0.1) is 6.92 Å². The van der Waals surface area contributed by atoms with Crippen LogP contribution in [0.5, 0.6) is 0 Å². The lowest BCUT2D eigenvalue weighted by Gasteiger charge is -2.20. The molecule has 0 radical (unpaired) electrons. The molecule has 1 atom stereocenters. The summed E-state index contributed by atoms with van der Waals surface area (Å²) in [5, 5.41) is 20.4. The topological polar surface area (TPSA) is 143 Å². The van der Waals surface area contributed by atoms with Gasteiger partial charge < -0.3 is 20.3 Å². The highest BCUT2D eigenvalue weighted by atomic mass is 32.2. The van der Waals surface area contributed by atoms with Crippen molar-refractivity contribution < 1.29 is 18.0 Å². The number of aliphatic hydroxyl groups excluding tert-OH is 1. The van der Waals surface area contributed by atoms with Crippen LogP contribution in [-0.2, 0) is 16.3 Å². The lowest BCUT2D eigenvalue weighted by Crippen LogP contribution is -2.17. The number of benzene rings is 2. The van der Waals surface area contributed by atoms with Gasteiger partial charge in [0.2, 0.25) is 17.7 Å². The first-order valence-electron chi connectivity index (χ1n) is 11.2. The fourth-order valence-corrected chi connectivity index (χ4v) is 5.64. The van der Waals surface area contributed by atoms with Gasteiger partial charge in [-0.3, -0.25) is 0 Å². The second-order valence-electron chi connectivity index (χ2n) is 8.25. The van der Waals surface area contributed by atoms with Gasteiger partial charge in [-0.2, -0.15) is 9.97 Å². The van der Waals surface area contributed by atoms with Crippen molar-refractivity contribution in [2.75, 3.05) is 23.0 Å². The number of fused-ring (bicyclic) bond motifs is 1. The van der Waals surface area contributed by atoms with Gasteiger partial charge in [-0.1, -0.05) is 35.5 Å². The number of aromatic nitrogens is 4. The summed E-state index contributed by atoms with van der Waals surface area (Å²) in [4.78, 5) is 13.7. The number of aliphatic hydroxyl groups is 1. The van der Waals surface area contributed by atoms with E-state index in [1.54, 1.807) is 25.3 Å². The molecule has 2 aromatic carbocycles. The van der Waals surface area contributed by atoms with Gasteiger partial charge in [0.05, 0.1) is 28.9 Å². The van der Waals surface area contributed by atoms with Crippen molar-refractivity contribution in [3.05, 3.63) is 71.7 Å². The third-order valence-corrected chi connectivity index (χ3v) is 7.66. The zero-order chi connectivity index (χ0) is 24.4. The van der Waals surface area contributed by atoms with Gasteiger partial charge in [-0.15, -0.1) is 0 Å². The number of nitrogens with one attached hydrogen (secondary N) is 2. The number of sulfone groups is 1. The van der Waals surface area contributed by atoms with Crippen LogP contribution in [0.4, 0.5) is 17.5 Å². The summed E-state index contributed by atoms with van der Waals surface area (Å²) in [6.07, 6.45) is 2.87. The third kappa shape index (κ3) is 4.86. The molecule has 0 saturated carbocycles. The van der Waals surface area contributed by atoms with Crippen molar-refractivity contribution in [2.45, 2.75) is 30.7 Å². The van der Waals surface area contributed by atoms with Crippen LogP contribution < -0.4 is 10.6 Å². The summed E-state index contributed by atoms with van der Waals surface area (Å²) in [7, 11) is -3.23. The van der Waals surface area contributed by atoms with E-state index in [1.165, 1.54) is 0 Å². The molecule has 0 fully saturated rings. The highest BCUT2D eigenvalue weighted by Crippen LogP contribution is 2.31. The summed E-state index contributed by atoms with van der Waals surface area (Å²) in [5.74, 6) is 1.60. The molecule has 11 heteroatoms. The number of nitrogens with zero attached hydrogens (tertiary/aromatic N) is 4. The normalized spacial score (nSPS) is 15.3. The van der Waals surface area contributed by atoms with Gasteiger partial charge in [0.25, 0.3) is 0 Å². The van der Waals surface area contributed by atoms with Crippen molar-refractivity contribution in [2.24, 2.45) is 0 Å². The zero-order valence-corrected chi connectivity index (χ0v) is 19.8. The van der Waals surface area contributed by atoms with Gasteiger partial charge >= 0.3 is 0 Å². The van der Waals surface area contributed by atoms with Crippen LogP contribution in [-0.4, -0.2) is 46.0 Å². The highest BCUT2D eigenvalue weighted by molar-refractivity contribution is 7.91. The average Bonchev–Trinajstić information content (AvgIpc) is 3.29. The Kier molecular flexibility index (Phi) is 6.18. The minimum Gasteiger partial charge on any atom is -0.394 e. The minimum atomic E-state index is -3.23. The molecule has 4 aromatic rings. The van der Waals surface area contributed by atoms with Gasteiger partial charge in [-0.25, -0.2) is 13.4 Å². The van der Waals surface area contributed by atoms with E-state index in [0.717, 1.165) is 11.1 Å². The molecule has 0 spiro atoms. The largest absolute Gasteiger partial charge is 0.394 e. The van der Waals surface area contributed by atoms with Crippen molar-refractivity contribution >= 4 is 27.3 Å². The number of rotatable bonds is 7. The van der Waals surface area contributed by atoms with Crippen molar-refractivity contribution in [1.29, 1.82) is 0 Å². The number of anilines is 3. The minimum absolute atomic E-state index is 0.166. The average molecular weight is 493 g/mol. The van der Waals surface area contributed by atoms with Crippen LogP contribution in [0.15, 0.2) is 64.1 Å². The molecule has 5 rings (SSSR count). The fourth-order valence-electron chi connectivity index (χ4n) is 4.06. The maximum absolute atomic E-state index is 12.3. The van der Waals surface area contributed by atoms with E-state index < -0.39 is 15.9 Å². The first-order chi connectivity index (χ1) is 16.9. The molecule has 180 valence electrons. The number of aryl methyl sites for hydroxylation is 2. The molecule has 0 unspecified atom stereocenters. The molecule has 0 bridgehead atoms. The first-order valence-corrected chi connectivity index (χ1v) is 12.8. The summed E-state index contributed by atoms with van der Waals surface area (Å²) < 4.78 is 29.8. The van der Waals surface area contributed by atoms with Crippen LogP contribution >= 0.6 is 0 Å². The molecule has 35 heavy (non-hydrogen) atoms. The van der Waals surface area contributed by atoms with Gasteiger partial charge in [0.1, 0.15) is 5.82 Å². The van der Waals surface area contributed by atoms with Crippen LogP contribution in [0.3, 0.4) is 0 Å². The quantitative estimate of drug-likeness (QED) is 0.351. The summed E-state index contributed by atoms with van der Waals surface area (Å²) in [6, 6.07) is 14.2. The molecular formula is C24H24N6O4S. The Morgan fingerprint density at radius 2 is 1.97 bits per heavy atom. The van der Waals surface area contributed by atoms with E-state index in [1.807, 2.05) is 36.4 Å². The Morgan fingerprint density at radius 3 is 2.71 bits per heavy atom.